The van der Waals surface area contributed by atoms with Gasteiger partial charge in [-0.25, -0.2) is 0 Å². The lowest BCUT2D eigenvalue weighted by Gasteiger charge is -2.10. The summed E-state index contributed by atoms with van der Waals surface area (Å²) in [7, 11) is 0. The summed E-state index contributed by atoms with van der Waals surface area (Å²) in [6.45, 7) is 0. The van der Waals surface area contributed by atoms with Crippen molar-refractivity contribution in [3.8, 4) is 5.75 Å². The number of nitro benzene ring substituents is 1. The second kappa shape index (κ2) is 3.87. The van der Waals surface area contributed by atoms with Gasteiger partial charge in [0.05, 0.1) is 11.0 Å². The smallest absolute Gasteiger partial charge is 0.424 e. The minimum Gasteiger partial charge on any atom is -0.424 e. The molecule has 0 bridgehead atoms. The Labute approximate surface area is 85.8 Å². The third-order valence-corrected chi connectivity index (χ3v) is 1.42. The van der Waals surface area contributed by atoms with Gasteiger partial charge >= 0.3 is 5.02 Å². The Morgan fingerprint density at radius 1 is 1.50 bits per heavy atom. The van der Waals surface area contributed by atoms with E-state index in [1.165, 1.54) is 18.2 Å². The van der Waals surface area contributed by atoms with Gasteiger partial charge in [-0.3, -0.25) is 10.1 Å². The molecule has 0 amide bonds. The monoisotopic (exact) mass is 267 g/mol. The molecule has 14 heavy (non-hydrogen) atoms. The molecule has 0 aliphatic rings. The lowest BCUT2D eigenvalue weighted by atomic mass is 10.3. The standard InChI is InChI=1S/C7H4BrF2NO3/c8-7(9,10)14-6-3-1-2-5(4-6)11(12)13/h1-4H. The van der Waals surface area contributed by atoms with Gasteiger partial charge in [0.1, 0.15) is 5.75 Å². The van der Waals surface area contributed by atoms with Crippen molar-refractivity contribution in [3.05, 3.63) is 34.4 Å². The predicted molar refractivity (Wildman–Crippen MR) is 47.6 cm³/mol. The Balaban J connectivity index is 2.89. The van der Waals surface area contributed by atoms with Crippen LogP contribution in [-0.4, -0.2) is 9.94 Å². The minimum absolute atomic E-state index is 0.277. The van der Waals surface area contributed by atoms with Gasteiger partial charge in [-0.05, 0) is 6.07 Å². The van der Waals surface area contributed by atoms with Crippen molar-refractivity contribution in [2.75, 3.05) is 0 Å². The molecule has 4 nitrogen and oxygen atoms in total. The Morgan fingerprint density at radius 3 is 2.64 bits per heavy atom. The summed E-state index contributed by atoms with van der Waals surface area (Å²) in [5, 5.41) is 6.74. The Kier molecular flexibility index (Phi) is 3.00. The summed E-state index contributed by atoms with van der Waals surface area (Å²) in [4.78, 5) is 9.57. The van der Waals surface area contributed by atoms with Crippen LogP contribution in [-0.2, 0) is 0 Å². The van der Waals surface area contributed by atoms with E-state index < -0.39 is 9.94 Å². The molecule has 0 spiro atoms. The fourth-order valence-corrected chi connectivity index (χ4v) is 0.981. The van der Waals surface area contributed by atoms with Crippen molar-refractivity contribution < 1.29 is 18.4 Å². The van der Waals surface area contributed by atoms with Crippen LogP contribution >= 0.6 is 15.9 Å². The SMILES string of the molecule is O=[N+]([O-])c1cccc(OC(F)(F)Br)c1. The average Bonchev–Trinajstić information content (AvgIpc) is 2.01. The van der Waals surface area contributed by atoms with Crippen LogP contribution in [0.1, 0.15) is 0 Å². The molecule has 0 radical (unpaired) electrons. The molecule has 0 saturated carbocycles. The fourth-order valence-electron chi connectivity index (χ4n) is 0.794. The first-order chi connectivity index (χ1) is 6.38. The third kappa shape index (κ3) is 3.25. The van der Waals surface area contributed by atoms with Crippen molar-refractivity contribution in [1.29, 1.82) is 0 Å². The maximum atomic E-state index is 12.3. The zero-order valence-electron chi connectivity index (χ0n) is 6.62. The lowest BCUT2D eigenvalue weighted by molar-refractivity contribution is -0.385. The number of non-ortho nitro benzene ring substituents is 1. The normalized spacial score (nSPS) is 11.1. The molecule has 0 unspecified atom stereocenters. The van der Waals surface area contributed by atoms with Crippen molar-refractivity contribution in [2.24, 2.45) is 0 Å². The molecule has 0 fully saturated rings. The molecule has 0 heterocycles. The van der Waals surface area contributed by atoms with Crippen molar-refractivity contribution in [2.45, 2.75) is 5.02 Å². The summed E-state index contributed by atoms with van der Waals surface area (Å²) in [6, 6.07) is 4.54. The molecule has 0 aliphatic heterocycles. The van der Waals surface area contributed by atoms with Crippen LogP contribution in [0.15, 0.2) is 24.3 Å². The molecule has 0 atom stereocenters. The number of hydrogen-bond acceptors (Lipinski definition) is 3. The molecule has 1 rings (SSSR count). The van der Waals surface area contributed by atoms with Gasteiger partial charge < -0.3 is 4.74 Å². The van der Waals surface area contributed by atoms with Gasteiger partial charge in [0.2, 0.25) is 0 Å². The second-order valence-electron chi connectivity index (χ2n) is 2.30. The van der Waals surface area contributed by atoms with Gasteiger partial charge in [-0.2, -0.15) is 8.78 Å². The van der Waals surface area contributed by atoms with Gasteiger partial charge in [0.25, 0.3) is 5.69 Å². The van der Waals surface area contributed by atoms with Crippen LogP contribution in [0.2, 0.25) is 0 Å². The van der Waals surface area contributed by atoms with Crippen molar-refractivity contribution in [3.63, 3.8) is 0 Å². The maximum absolute atomic E-state index is 12.3. The molecule has 0 N–H and O–H groups in total. The summed E-state index contributed by atoms with van der Waals surface area (Å²) in [5.74, 6) is -0.277. The van der Waals surface area contributed by atoms with Gasteiger partial charge in [-0.15, -0.1) is 0 Å². The van der Waals surface area contributed by atoms with Crippen molar-refractivity contribution >= 4 is 21.6 Å². The largest absolute Gasteiger partial charge is 0.459 e. The van der Waals surface area contributed by atoms with Crippen LogP contribution < -0.4 is 4.74 Å². The summed E-state index contributed by atoms with van der Waals surface area (Å²) in [6.07, 6.45) is 0. The van der Waals surface area contributed by atoms with Gasteiger partial charge in [0, 0.05) is 22.0 Å². The number of rotatable bonds is 3. The van der Waals surface area contributed by atoms with E-state index in [0.29, 0.717) is 0 Å². The quantitative estimate of drug-likeness (QED) is 0.481. The summed E-state index contributed by atoms with van der Waals surface area (Å²) >= 11 is 1.95. The highest BCUT2D eigenvalue weighted by atomic mass is 79.9. The molecule has 76 valence electrons. The van der Waals surface area contributed by atoms with E-state index in [9.17, 15) is 18.9 Å². The van der Waals surface area contributed by atoms with E-state index in [1.807, 2.05) is 15.9 Å². The first-order valence-corrected chi connectivity index (χ1v) is 4.18. The van der Waals surface area contributed by atoms with E-state index in [0.717, 1.165) is 6.07 Å². The zero-order chi connectivity index (χ0) is 10.8. The predicted octanol–water partition coefficient (Wildman–Crippen LogP) is 2.92. The highest BCUT2D eigenvalue weighted by Crippen LogP contribution is 2.28. The van der Waals surface area contributed by atoms with E-state index in [2.05, 4.69) is 4.74 Å². The highest BCUT2D eigenvalue weighted by Gasteiger charge is 2.27. The molecular formula is C7H4BrF2NO3. The summed E-state index contributed by atoms with van der Waals surface area (Å²) in [5.41, 5.74) is -0.306. The highest BCUT2D eigenvalue weighted by molar-refractivity contribution is 9.09. The number of hydrogen-bond donors (Lipinski definition) is 0. The molecule has 0 aromatic heterocycles. The Morgan fingerprint density at radius 2 is 2.14 bits per heavy atom. The number of alkyl halides is 3. The molecule has 1 aromatic rings. The number of nitro groups is 1. The van der Waals surface area contributed by atoms with Crippen LogP contribution in [0.3, 0.4) is 0 Å². The van der Waals surface area contributed by atoms with Gasteiger partial charge in [0.15, 0.2) is 0 Å². The molecule has 0 saturated heterocycles. The molecule has 0 aliphatic carbocycles. The fraction of sp³-hybridized carbons (Fsp3) is 0.143. The lowest BCUT2D eigenvalue weighted by Crippen LogP contribution is -2.14. The minimum atomic E-state index is -3.53. The average molecular weight is 268 g/mol. The van der Waals surface area contributed by atoms with Gasteiger partial charge in [-0.1, -0.05) is 6.07 Å². The number of nitrogens with zero attached hydrogens (tertiary/aromatic N) is 1. The molecular weight excluding hydrogens is 264 g/mol. The Hall–Kier alpha value is -1.24. The van der Waals surface area contributed by atoms with E-state index in [4.69, 9.17) is 0 Å². The van der Waals surface area contributed by atoms with E-state index >= 15 is 0 Å². The van der Waals surface area contributed by atoms with Crippen LogP contribution in [0, 0.1) is 10.1 Å². The first-order valence-electron chi connectivity index (χ1n) is 3.39. The van der Waals surface area contributed by atoms with Crippen LogP contribution in [0.4, 0.5) is 14.5 Å². The molecule has 7 heteroatoms. The Bertz CT molecular complexity index is 353. The first kappa shape index (κ1) is 10.8. The number of ether oxygens (including phenoxy) is 1. The maximum Gasteiger partial charge on any atom is 0.459 e. The van der Waals surface area contributed by atoms with Crippen LogP contribution in [0.25, 0.3) is 0 Å². The van der Waals surface area contributed by atoms with Crippen molar-refractivity contribution in [1.82, 2.24) is 0 Å². The zero-order valence-corrected chi connectivity index (χ0v) is 8.20. The van der Waals surface area contributed by atoms with E-state index in [1.54, 1.807) is 0 Å². The number of benzene rings is 1. The van der Waals surface area contributed by atoms with E-state index in [-0.39, 0.29) is 11.4 Å². The third-order valence-electron chi connectivity index (χ3n) is 1.26. The summed E-state index contributed by atoms with van der Waals surface area (Å²) < 4.78 is 28.6. The number of halogens is 3. The second-order valence-corrected chi connectivity index (χ2v) is 3.23. The van der Waals surface area contributed by atoms with Crippen LogP contribution in [0.5, 0.6) is 5.75 Å². The molecule has 1 aromatic carbocycles. The topological polar surface area (TPSA) is 52.4 Å².